The van der Waals surface area contributed by atoms with E-state index >= 15 is 4.39 Å². The van der Waals surface area contributed by atoms with Crippen molar-refractivity contribution in [2.24, 2.45) is 9.98 Å². The van der Waals surface area contributed by atoms with Gasteiger partial charge in [0.2, 0.25) is 7.37 Å². The summed E-state index contributed by atoms with van der Waals surface area (Å²) in [6, 6.07) is 0. The highest BCUT2D eigenvalue weighted by Gasteiger charge is 2.49. The van der Waals surface area contributed by atoms with Gasteiger partial charge in [0.25, 0.3) is 5.56 Å². The van der Waals surface area contributed by atoms with Crippen LogP contribution < -0.4 is 10.9 Å². The van der Waals surface area contributed by atoms with Crippen molar-refractivity contribution in [1.82, 2.24) is 29.0 Å². The van der Waals surface area contributed by atoms with Crippen molar-refractivity contribution in [2.75, 3.05) is 46.4 Å². The van der Waals surface area contributed by atoms with Crippen LogP contribution in [-0.4, -0.2) is 122 Å². The minimum Gasteiger partial charge on any atom is -0.395 e. The second kappa shape index (κ2) is 15.7. The highest BCUT2D eigenvalue weighted by molar-refractivity contribution is 8.06. The second-order valence-corrected chi connectivity index (χ2v) is 17.7. The quantitative estimate of drug-likeness (QED) is 0.136. The molecule has 0 saturated carbocycles. The first-order chi connectivity index (χ1) is 24.3. The molecule has 3 aromatic rings. The number of aliphatic hydroxyl groups excluding tert-OH is 1. The monoisotopic (exact) mass is 774 g/mol. The molecule has 7 atom stereocenters. The summed E-state index contributed by atoms with van der Waals surface area (Å²) in [7, 11) is -1.79. The van der Waals surface area contributed by atoms with Crippen molar-refractivity contribution in [3.8, 4) is 0 Å². The van der Waals surface area contributed by atoms with Crippen molar-refractivity contribution >= 4 is 55.4 Å². The molecule has 280 valence electrons. The Morgan fingerprint density at radius 2 is 2.00 bits per heavy atom. The van der Waals surface area contributed by atoms with Crippen LogP contribution in [0.2, 0.25) is 0 Å². The van der Waals surface area contributed by atoms with E-state index in [1.54, 1.807) is 7.05 Å². The fourth-order valence-electron chi connectivity index (χ4n) is 6.47. The summed E-state index contributed by atoms with van der Waals surface area (Å²) in [5.41, 5.74) is 1.46. The number of fused-ring (bicyclic) bond motifs is 2. The number of nitrogens with zero attached hydrogens (tertiary/aromatic N) is 7. The fraction of sp³-hybridized carbons (Fsp3) is 0.621. The summed E-state index contributed by atoms with van der Waals surface area (Å²) < 4.78 is 62.6. The number of hydrogen-bond acceptors (Lipinski definition) is 13. The smallest absolute Gasteiger partial charge is 0.321 e. The molecule has 1 unspecified atom stereocenters. The predicted molar refractivity (Wildman–Crippen MR) is 187 cm³/mol. The molecule has 0 radical (unpaired) electrons. The van der Waals surface area contributed by atoms with Gasteiger partial charge in [-0.25, -0.2) is 19.4 Å². The minimum atomic E-state index is -4.15. The van der Waals surface area contributed by atoms with Crippen molar-refractivity contribution in [3.63, 3.8) is 0 Å². The molecule has 18 nitrogen and oxygen atoms in total. The predicted octanol–water partition coefficient (Wildman–Crippen LogP) is 1.74. The average Bonchev–Trinajstić information content (AvgIpc) is 3.85. The number of amidine groups is 1. The third-order valence-corrected chi connectivity index (χ3v) is 11.0. The normalized spacial score (nSPS) is 27.4. The molecule has 6 heterocycles. The molecule has 2 fully saturated rings. The van der Waals surface area contributed by atoms with E-state index in [1.165, 1.54) is 28.5 Å². The fourth-order valence-corrected chi connectivity index (χ4v) is 7.99. The van der Waals surface area contributed by atoms with Gasteiger partial charge in [0, 0.05) is 26.5 Å². The molecule has 3 aliphatic heterocycles. The molecule has 0 spiro atoms. The maximum Gasteiger partial charge on any atom is 0.321 e. The summed E-state index contributed by atoms with van der Waals surface area (Å²) in [5, 5.41) is 12.6. The summed E-state index contributed by atoms with van der Waals surface area (Å²) >= 11 is 4.50. The number of hydrogen-bond donors (Lipinski definition) is 4. The topological polar surface area (TPSA) is 218 Å². The van der Waals surface area contributed by atoms with Gasteiger partial charge < -0.3 is 48.0 Å². The van der Waals surface area contributed by atoms with Crippen LogP contribution in [0.4, 0.5) is 10.2 Å². The van der Waals surface area contributed by atoms with Crippen molar-refractivity contribution in [1.29, 1.82) is 0 Å². The van der Waals surface area contributed by atoms with Crippen molar-refractivity contribution in [3.05, 3.63) is 40.3 Å². The van der Waals surface area contributed by atoms with E-state index in [0.717, 1.165) is 36.3 Å². The molecule has 0 amide bonds. The standard InChI is InChI=1S/C29H41FN8O10P2S/c1-31-25-21-17(5-4-8-33-25)11-37(26(21)32-2)20-7-6-18(47-20)12-45-49(3,41)16-44-24-22(30)19(13-46-50(42,43)51)48-29(24)38-15-34-23-27(38)35-14-36(9-10-39)28(23)40/h11,14-15,18-20,22,24,29,39H,2,4-10,12-13,16H2,1,3H3,(H,31,33)(H2,42,43,51)/t18-,19+,20+,22+,24+,29+,49?/m0/s1. The highest BCUT2D eigenvalue weighted by atomic mass is 32.5. The van der Waals surface area contributed by atoms with Gasteiger partial charge in [-0.05, 0) is 49.8 Å². The first-order valence-corrected chi connectivity index (χ1v) is 21.1. The molecular weight excluding hydrogens is 733 g/mol. The van der Waals surface area contributed by atoms with Crippen molar-refractivity contribution < 1.29 is 47.1 Å². The number of rotatable bonds is 14. The Morgan fingerprint density at radius 1 is 1.20 bits per heavy atom. The molecule has 0 aliphatic carbocycles. The van der Waals surface area contributed by atoms with Crippen molar-refractivity contribution in [2.45, 2.75) is 69.2 Å². The zero-order chi connectivity index (χ0) is 36.5. The van der Waals surface area contributed by atoms with Crippen LogP contribution in [0.5, 0.6) is 0 Å². The van der Waals surface area contributed by atoms with Crippen LogP contribution in [0.25, 0.3) is 11.2 Å². The van der Waals surface area contributed by atoms with E-state index in [9.17, 15) is 24.3 Å². The molecule has 0 bridgehead atoms. The zero-order valence-corrected chi connectivity index (χ0v) is 30.6. The van der Waals surface area contributed by atoms with Gasteiger partial charge in [-0.15, -0.1) is 0 Å². The van der Waals surface area contributed by atoms with Crippen LogP contribution in [0.3, 0.4) is 0 Å². The molecule has 3 aliphatic rings. The molecular formula is C29H41FN8O10P2S. The molecule has 4 N–H and O–H groups in total. The van der Waals surface area contributed by atoms with Crippen LogP contribution in [-0.2, 0) is 52.6 Å². The Bertz CT molecular complexity index is 1930. The molecule has 2 saturated heterocycles. The van der Waals surface area contributed by atoms with Crippen LogP contribution in [0, 0.1) is 0 Å². The summed E-state index contributed by atoms with van der Waals surface area (Å²) in [5.74, 6) is 1.42. The first-order valence-electron chi connectivity index (χ1n) is 16.3. The van der Waals surface area contributed by atoms with Gasteiger partial charge in [0.1, 0.15) is 42.8 Å². The van der Waals surface area contributed by atoms with Crippen LogP contribution in [0.15, 0.2) is 33.6 Å². The number of nitrogens with one attached hydrogen (secondary N) is 1. The summed E-state index contributed by atoms with van der Waals surface area (Å²) in [4.78, 5) is 49.0. The van der Waals surface area contributed by atoms with E-state index in [4.69, 9.17) is 23.3 Å². The Hall–Kier alpha value is -2.74. The largest absolute Gasteiger partial charge is 0.395 e. The number of halogens is 1. The Balaban J connectivity index is 1.13. The number of aliphatic hydroxyl groups is 1. The lowest BCUT2D eigenvalue weighted by molar-refractivity contribution is -0.0617. The highest BCUT2D eigenvalue weighted by Crippen LogP contribution is 2.47. The Kier molecular flexibility index (Phi) is 11.7. The van der Waals surface area contributed by atoms with E-state index in [2.05, 4.69) is 43.8 Å². The molecule has 22 heteroatoms. The molecule has 51 heavy (non-hydrogen) atoms. The Morgan fingerprint density at radius 3 is 2.73 bits per heavy atom. The maximum atomic E-state index is 15.9. The van der Waals surface area contributed by atoms with E-state index < -0.39 is 63.3 Å². The third kappa shape index (κ3) is 8.26. The lowest BCUT2D eigenvalue weighted by Gasteiger charge is -2.24. The molecule has 6 rings (SSSR count). The average molecular weight is 775 g/mol. The SMILES string of the molecule is C=Nc1c2c(cn1[C@H]1CC[C@@H](COP(C)(=O)CO[C@@H]3[C@H](F)[C@@H](COP(O)(O)=S)O[C@H]3n3cnc4c(=O)n(CCO)cnc43)O1)CCCNC2=NC. The number of aryl methyl sites for hydroxylation is 1. The molecule has 3 aromatic heterocycles. The van der Waals surface area contributed by atoms with Crippen LogP contribution >= 0.6 is 14.1 Å². The number of alkyl halides is 1. The van der Waals surface area contributed by atoms with Gasteiger partial charge in [0.15, 0.2) is 23.6 Å². The lowest BCUT2D eigenvalue weighted by Crippen LogP contribution is -2.33. The third-order valence-electron chi connectivity index (χ3n) is 8.88. The minimum absolute atomic E-state index is 0.00698. The van der Waals surface area contributed by atoms with E-state index in [-0.39, 0.29) is 37.2 Å². The second-order valence-electron chi connectivity index (χ2n) is 12.5. The van der Waals surface area contributed by atoms with E-state index in [1.807, 2.05) is 10.8 Å². The summed E-state index contributed by atoms with van der Waals surface area (Å²) in [6.07, 6.45) is 0.244. The Labute approximate surface area is 297 Å². The van der Waals surface area contributed by atoms with E-state index in [0.29, 0.717) is 18.7 Å². The maximum absolute atomic E-state index is 15.9. The summed E-state index contributed by atoms with van der Waals surface area (Å²) in [6.45, 7) is 0.870. The van der Waals surface area contributed by atoms with Gasteiger partial charge >= 0.3 is 6.72 Å². The lowest BCUT2D eigenvalue weighted by atomic mass is 10.1. The number of aromatic nitrogens is 5. The first kappa shape index (κ1) is 38.0. The van der Waals surface area contributed by atoms with Gasteiger partial charge in [-0.1, -0.05) is 0 Å². The number of aliphatic imine (C=N–C) groups is 2. The number of imidazole rings is 1. The zero-order valence-electron chi connectivity index (χ0n) is 28.0. The van der Waals surface area contributed by atoms with Gasteiger partial charge in [0.05, 0.1) is 44.4 Å². The number of ether oxygens (including phenoxy) is 3. The van der Waals surface area contributed by atoms with Gasteiger partial charge in [-0.3, -0.25) is 23.5 Å². The molecule has 0 aromatic carbocycles. The van der Waals surface area contributed by atoms with Gasteiger partial charge in [-0.2, -0.15) is 0 Å². The van der Waals surface area contributed by atoms with Crippen LogP contribution in [0.1, 0.15) is 42.8 Å².